The van der Waals surface area contributed by atoms with Crippen LogP contribution in [0.3, 0.4) is 0 Å². The molecule has 0 aliphatic carbocycles. The second-order valence-electron chi connectivity index (χ2n) is 2.53. The Hall–Kier alpha value is -1.56. The summed E-state index contributed by atoms with van der Waals surface area (Å²) < 4.78 is 0. The van der Waals surface area contributed by atoms with Crippen LogP contribution < -0.4 is 16.0 Å². The van der Waals surface area contributed by atoms with Gasteiger partial charge in [0, 0.05) is 6.20 Å². The first-order chi connectivity index (χ1) is 5.77. The number of carbonyl (C=O) groups is 1. The summed E-state index contributed by atoms with van der Waals surface area (Å²) in [6.07, 6.45) is 2.16. The van der Waals surface area contributed by atoms with Gasteiger partial charge < -0.3 is 15.7 Å². The molecule has 0 aromatic carbocycles. The van der Waals surface area contributed by atoms with Crippen molar-refractivity contribution in [3.63, 3.8) is 0 Å². The third kappa shape index (κ3) is 1.02. The Kier molecular flexibility index (Phi) is 1.47. The van der Waals surface area contributed by atoms with Crippen LogP contribution in [-0.2, 0) is 4.79 Å². The van der Waals surface area contributed by atoms with Gasteiger partial charge in [-0.2, -0.15) is 0 Å². The first-order valence-electron chi connectivity index (χ1n) is 3.50. The van der Waals surface area contributed by atoms with Gasteiger partial charge in [-0.3, -0.25) is 10.3 Å². The molecular weight excluding hydrogens is 160 g/mol. The highest BCUT2D eigenvalue weighted by atomic mass is 16.4. The second-order valence-corrected chi connectivity index (χ2v) is 2.53. The van der Waals surface area contributed by atoms with Gasteiger partial charge in [0.2, 0.25) is 0 Å². The van der Waals surface area contributed by atoms with Crippen molar-refractivity contribution in [2.24, 2.45) is 4.99 Å². The van der Waals surface area contributed by atoms with Gasteiger partial charge in [0.05, 0.1) is 12.0 Å². The molecule has 2 unspecified atom stereocenters. The maximum atomic E-state index is 10.5. The summed E-state index contributed by atoms with van der Waals surface area (Å²) in [7, 11) is 0. The lowest BCUT2D eigenvalue weighted by atomic mass is 10.3. The van der Waals surface area contributed by atoms with Crippen molar-refractivity contribution in [2.45, 2.75) is 12.3 Å². The van der Waals surface area contributed by atoms with E-state index in [1.165, 1.54) is 6.34 Å². The van der Waals surface area contributed by atoms with Crippen LogP contribution in [0.25, 0.3) is 0 Å². The van der Waals surface area contributed by atoms with E-state index in [0.717, 1.165) is 5.70 Å². The van der Waals surface area contributed by atoms with E-state index in [2.05, 4.69) is 20.9 Å². The van der Waals surface area contributed by atoms with Gasteiger partial charge in [-0.15, -0.1) is 0 Å². The monoisotopic (exact) mass is 168 g/mol. The highest BCUT2D eigenvalue weighted by Crippen LogP contribution is 2.08. The van der Waals surface area contributed by atoms with E-state index in [1.807, 2.05) is 0 Å². The molecular formula is C6H8N4O2. The molecule has 0 radical (unpaired) electrons. The summed E-state index contributed by atoms with van der Waals surface area (Å²) in [6, 6.07) is 0. The lowest BCUT2D eigenvalue weighted by Gasteiger charge is -2.24. The largest absolute Gasteiger partial charge is 0.479 e. The van der Waals surface area contributed by atoms with Gasteiger partial charge in [-0.25, -0.2) is 4.79 Å². The molecule has 0 aromatic heterocycles. The predicted octanol–water partition coefficient (Wildman–Crippen LogP) is -1.61. The van der Waals surface area contributed by atoms with Crippen LogP contribution in [0.1, 0.15) is 0 Å². The minimum Gasteiger partial charge on any atom is -0.479 e. The summed E-state index contributed by atoms with van der Waals surface area (Å²) in [5.41, 5.74) is 0.840. The quantitative estimate of drug-likeness (QED) is 0.378. The van der Waals surface area contributed by atoms with Crippen LogP contribution >= 0.6 is 0 Å². The summed E-state index contributed by atoms with van der Waals surface area (Å²) in [5.74, 6) is -0.938. The van der Waals surface area contributed by atoms with E-state index in [-0.39, 0.29) is 6.17 Å². The van der Waals surface area contributed by atoms with E-state index < -0.39 is 12.1 Å². The molecule has 0 aromatic rings. The zero-order valence-corrected chi connectivity index (χ0v) is 6.11. The fourth-order valence-corrected chi connectivity index (χ4v) is 1.12. The Bertz CT molecular complexity index is 273. The molecule has 2 atom stereocenters. The number of nitrogens with zero attached hydrogens (tertiary/aromatic N) is 1. The molecule has 0 bridgehead atoms. The molecule has 2 aliphatic rings. The Morgan fingerprint density at radius 1 is 1.67 bits per heavy atom. The van der Waals surface area contributed by atoms with Crippen LogP contribution in [0.15, 0.2) is 16.9 Å². The molecule has 2 aliphatic heterocycles. The third-order valence-corrected chi connectivity index (χ3v) is 1.73. The molecule has 0 amide bonds. The number of hydrogen-bond acceptors (Lipinski definition) is 5. The Morgan fingerprint density at radius 3 is 3.25 bits per heavy atom. The molecule has 4 N–H and O–H groups in total. The van der Waals surface area contributed by atoms with Gasteiger partial charge in [-0.1, -0.05) is 0 Å². The van der Waals surface area contributed by atoms with Crippen molar-refractivity contribution >= 4 is 12.3 Å². The number of fused-ring (bicyclic) bond motifs is 1. The first-order valence-corrected chi connectivity index (χ1v) is 3.50. The molecule has 0 fully saturated rings. The lowest BCUT2D eigenvalue weighted by molar-refractivity contribution is -0.140. The minimum absolute atomic E-state index is 0.243. The molecule has 2 heterocycles. The Balaban J connectivity index is 2.12. The van der Waals surface area contributed by atoms with E-state index in [1.54, 1.807) is 6.20 Å². The summed E-state index contributed by atoms with van der Waals surface area (Å²) in [5, 5.41) is 17.0. The minimum atomic E-state index is -0.938. The molecule has 64 valence electrons. The zero-order chi connectivity index (χ0) is 8.55. The highest BCUT2D eigenvalue weighted by Gasteiger charge is 2.28. The molecule has 2 rings (SSSR count). The number of carboxylic acid groups (broad SMARTS) is 1. The van der Waals surface area contributed by atoms with Crippen molar-refractivity contribution in [3.8, 4) is 0 Å². The standard InChI is InChI=1S/C6H8N4O2/c11-6(12)5-7-1-3-4(10-5)9-2-8-3/h1-2,4-5,7,10H,(H,8,9)(H,11,12). The topological polar surface area (TPSA) is 85.8 Å². The molecule has 0 spiro atoms. The van der Waals surface area contributed by atoms with E-state index >= 15 is 0 Å². The number of carboxylic acids is 1. The smallest absolute Gasteiger partial charge is 0.341 e. The first kappa shape index (κ1) is 7.11. The summed E-state index contributed by atoms with van der Waals surface area (Å²) in [4.78, 5) is 14.5. The van der Waals surface area contributed by atoms with Gasteiger partial charge >= 0.3 is 5.97 Å². The van der Waals surface area contributed by atoms with Crippen molar-refractivity contribution in [1.29, 1.82) is 0 Å². The number of aliphatic carboxylic acids is 1. The van der Waals surface area contributed by atoms with Gasteiger partial charge in [-0.05, 0) is 0 Å². The molecule has 6 nitrogen and oxygen atoms in total. The van der Waals surface area contributed by atoms with Crippen molar-refractivity contribution in [1.82, 2.24) is 16.0 Å². The van der Waals surface area contributed by atoms with Crippen LogP contribution in [0.4, 0.5) is 0 Å². The van der Waals surface area contributed by atoms with Gasteiger partial charge in [0.25, 0.3) is 0 Å². The Labute approximate surface area is 68.4 Å². The van der Waals surface area contributed by atoms with Crippen molar-refractivity contribution in [3.05, 3.63) is 11.9 Å². The maximum Gasteiger partial charge on any atom is 0.341 e. The van der Waals surface area contributed by atoms with Gasteiger partial charge in [0.1, 0.15) is 6.17 Å². The van der Waals surface area contributed by atoms with Gasteiger partial charge in [0.15, 0.2) is 6.17 Å². The summed E-state index contributed by atoms with van der Waals surface area (Å²) >= 11 is 0. The maximum absolute atomic E-state index is 10.5. The average molecular weight is 168 g/mol. The fraction of sp³-hybridized carbons (Fsp3) is 0.333. The van der Waals surface area contributed by atoms with Crippen LogP contribution in [-0.4, -0.2) is 29.7 Å². The molecule has 6 heteroatoms. The zero-order valence-electron chi connectivity index (χ0n) is 6.11. The predicted molar refractivity (Wildman–Crippen MR) is 41.2 cm³/mol. The molecule has 0 saturated carbocycles. The number of nitrogens with one attached hydrogen (secondary N) is 3. The average Bonchev–Trinajstić information content (AvgIpc) is 2.49. The SMILES string of the molecule is O=C(O)C1NC=C2NC=NC2N1. The summed E-state index contributed by atoms with van der Waals surface area (Å²) in [6.45, 7) is 0. The Morgan fingerprint density at radius 2 is 2.50 bits per heavy atom. The third-order valence-electron chi connectivity index (χ3n) is 1.73. The lowest BCUT2D eigenvalue weighted by Crippen LogP contribution is -2.54. The van der Waals surface area contributed by atoms with Crippen molar-refractivity contribution < 1.29 is 9.90 Å². The molecule has 12 heavy (non-hydrogen) atoms. The van der Waals surface area contributed by atoms with E-state index in [9.17, 15) is 4.79 Å². The number of rotatable bonds is 1. The van der Waals surface area contributed by atoms with E-state index in [0.29, 0.717) is 0 Å². The second kappa shape index (κ2) is 2.49. The van der Waals surface area contributed by atoms with Crippen LogP contribution in [0.2, 0.25) is 0 Å². The fourth-order valence-electron chi connectivity index (χ4n) is 1.12. The van der Waals surface area contributed by atoms with Crippen LogP contribution in [0.5, 0.6) is 0 Å². The normalized spacial score (nSPS) is 31.5. The highest BCUT2D eigenvalue weighted by molar-refractivity contribution is 5.74. The van der Waals surface area contributed by atoms with Crippen LogP contribution in [0, 0.1) is 0 Å². The number of hydrogen-bond donors (Lipinski definition) is 4. The number of aliphatic imine (C=N–C) groups is 1. The van der Waals surface area contributed by atoms with E-state index in [4.69, 9.17) is 5.11 Å². The van der Waals surface area contributed by atoms with Crippen molar-refractivity contribution in [2.75, 3.05) is 0 Å². The molecule has 0 saturated heterocycles.